The topological polar surface area (TPSA) is 80.2 Å². The molecule has 0 aliphatic carbocycles. The van der Waals surface area contributed by atoms with Crippen molar-refractivity contribution in [3.05, 3.63) is 64.7 Å². The predicted octanol–water partition coefficient (Wildman–Crippen LogP) is 1.66. The third kappa shape index (κ3) is 3.39. The normalized spacial score (nSPS) is 18.0. The standard InChI is InChI=1S/C19H20N4O3/c24-18-11-16(15-5-1-2-6-17(15)21-18)19(25)22-8-4-10-26-14(12-22)13-23-9-3-7-20-23/h1-3,5-7,9,11,14H,4,8,10,12-13H2,(H,21,24)/t14-/m0/s1. The number of amides is 1. The van der Waals surface area contributed by atoms with Crippen LogP contribution in [0.4, 0.5) is 0 Å². The summed E-state index contributed by atoms with van der Waals surface area (Å²) in [6.07, 6.45) is 4.24. The molecular formula is C19H20N4O3. The molecule has 26 heavy (non-hydrogen) atoms. The van der Waals surface area contributed by atoms with Gasteiger partial charge in [-0.25, -0.2) is 0 Å². The Bertz CT molecular complexity index is 964. The van der Waals surface area contributed by atoms with Crippen LogP contribution in [0.25, 0.3) is 10.9 Å². The van der Waals surface area contributed by atoms with E-state index in [-0.39, 0.29) is 17.6 Å². The van der Waals surface area contributed by atoms with Crippen molar-refractivity contribution in [2.75, 3.05) is 19.7 Å². The summed E-state index contributed by atoms with van der Waals surface area (Å²) >= 11 is 0. The number of aromatic amines is 1. The molecule has 3 aromatic rings. The zero-order valence-electron chi connectivity index (χ0n) is 14.3. The van der Waals surface area contributed by atoms with Gasteiger partial charge in [0.2, 0.25) is 5.56 Å². The number of rotatable bonds is 3. The molecule has 4 rings (SSSR count). The minimum Gasteiger partial charge on any atom is -0.374 e. The Labute approximate surface area is 150 Å². The van der Waals surface area contributed by atoms with Crippen LogP contribution in [0.15, 0.2) is 53.6 Å². The molecule has 0 saturated carbocycles. The van der Waals surface area contributed by atoms with E-state index in [1.165, 1.54) is 6.07 Å². The third-order valence-corrected chi connectivity index (χ3v) is 4.57. The highest BCUT2D eigenvalue weighted by Gasteiger charge is 2.25. The minimum absolute atomic E-state index is 0.130. The Morgan fingerprint density at radius 2 is 2.19 bits per heavy atom. The lowest BCUT2D eigenvalue weighted by Gasteiger charge is -2.24. The molecule has 1 fully saturated rings. The average molecular weight is 352 g/mol. The first-order valence-electron chi connectivity index (χ1n) is 8.71. The number of para-hydroxylation sites is 1. The lowest BCUT2D eigenvalue weighted by molar-refractivity contribution is 0.0368. The van der Waals surface area contributed by atoms with Gasteiger partial charge in [0.05, 0.1) is 18.2 Å². The second-order valence-electron chi connectivity index (χ2n) is 6.42. The summed E-state index contributed by atoms with van der Waals surface area (Å²) in [6, 6.07) is 10.6. The monoisotopic (exact) mass is 352 g/mol. The summed E-state index contributed by atoms with van der Waals surface area (Å²) in [5.41, 5.74) is 0.831. The Morgan fingerprint density at radius 1 is 1.31 bits per heavy atom. The number of pyridine rings is 1. The highest BCUT2D eigenvalue weighted by atomic mass is 16.5. The van der Waals surface area contributed by atoms with E-state index in [1.807, 2.05) is 30.5 Å². The molecule has 1 N–H and O–H groups in total. The fourth-order valence-electron chi connectivity index (χ4n) is 3.36. The van der Waals surface area contributed by atoms with Gasteiger partial charge in [-0.2, -0.15) is 5.10 Å². The minimum atomic E-state index is -0.272. The van der Waals surface area contributed by atoms with Crippen molar-refractivity contribution >= 4 is 16.8 Å². The zero-order chi connectivity index (χ0) is 17.9. The lowest BCUT2D eigenvalue weighted by Crippen LogP contribution is -2.39. The van der Waals surface area contributed by atoms with Crippen LogP contribution in [0.2, 0.25) is 0 Å². The van der Waals surface area contributed by atoms with Gasteiger partial charge >= 0.3 is 0 Å². The lowest BCUT2D eigenvalue weighted by atomic mass is 10.1. The van der Waals surface area contributed by atoms with E-state index < -0.39 is 0 Å². The Balaban J connectivity index is 1.61. The van der Waals surface area contributed by atoms with E-state index in [0.717, 1.165) is 11.8 Å². The molecule has 1 saturated heterocycles. The first kappa shape index (κ1) is 16.5. The summed E-state index contributed by atoms with van der Waals surface area (Å²) in [5, 5.41) is 4.96. The average Bonchev–Trinajstić information content (AvgIpc) is 3.04. The van der Waals surface area contributed by atoms with Crippen LogP contribution in [0, 0.1) is 0 Å². The van der Waals surface area contributed by atoms with E-state index in [0.29, 0.717) is 37.3 Å². The van der Waals surface area contributed by atoms with Gasteiger partial charge in [0.15, 0.2) is 0 Å². The number of aromatic nitrogens is 3. The molecule has 0 bridgehead atoms. The van der Waals surface area contributed by atoms with Crippen LogP contribution in [-0.4, -0.2) is 51.4 Å². The molecule has 7 nitrogen and oxygen atoms in total. The summed E-state index contributed by atoms with van der Waals surface area (Å²) in [6.45, 7) is 2.27. The van der Waals surface area contributed by atoms with Gasteiger partial charge in [-0.3, -0.25) is 14.3 Å². The molecule has 1 amide bonds. The number of ether oxygens (including phenoxy) is 1. The SMILES string of the molecule is O=C(c1cc(=O)[nH]c2ccccc12)N1CCCO[C@H](Cn2cccn2)C1. The number of carbonyl (C=O) groups is 1. The molecule has 7 heteroatoms. The first-order valence-corrected chi connectivity index (χ1v) is 8.71. The summed E-state index contributed by atoms with van der Waals surface area (Å²) < 4.78 is 7.69. The van der Waals surface area contributed by atoms with E-state index >= 15 is 0 Å². The molecule has 0 unspecified atom stereocenters. The molecule has 2 aromatic heterocycles. The van der Waals surface area contributed by atoms with Gasteiger partial charge in [-0.1, -0.05) is 18.2 Å². The number of hydrogen-bond donors (Lipinski definition) is 1. The highest BCUT2D eigenvalue weighted by Crippen LogP contribution is 2.18. The van der Waals surface area contributed by atoms with E-state index in [2.05, 4.69) is 10.1 Å². The van der Waals surface area contributed by atoms with Crippen molar-refractivity contribution in [3.63, 3.8) is 0 Å². The second kappa shape index (κ2) is 7.13. The van der Waals surface area contributed by atoms with Crippen molar-refractivity contribution in [1.29, 1.82) is 0 Å². The number of nitrogens with one attached hydrogen (secondary N) is 1. The first-order chi connectivity index (χ1) is 12.7. The third-order valence-electron chi connectivity index (χ3n) is 4.57. The molecule has 134 valence electrons. The quantitative estimate of drug-likeness (QED) is 0.777. The van der Waals surface area contributed by atoms with Gasteiger partial charge in [-0.15, -0.1) is 0 Å². The fraction of sp³-hybridized carbons (Fsp3) is 0.316. The molecule has 3 heterocycles. The van der Waals surface area contributed by atoms with Gasteiger partial charge in [0.25, 0.3) is 5.91 Å². The molecule has 1 aromatic carbocycles. The Kier molecular flexibility index (Phi) is 4.53. The second-order valence-corrected chi connectivity index (χ2v) is 6.42. The van der Waals surface area contributed by atoms with Gasteiger partial charge in [-0.05, 0) is 18.6 Å². The summed E-state index contributed by atoms with van der Waals surface area (Å²) in [5.74, 6) is -0.136. The number of nitrogens with zero attached hydrogens (tertiary/aromatic N) is 3. The molecular weight excluding hydrogens is 332 g/mol. The number of hydrogen-bond acceptors (Lipinski definition) is 4. The summed E-state index contributed by atoms with van der Waals surface area (Å²) in [7, 11) is 0. The maximum atomic E-state index is 13.2. The van der Waals surface area contributed by atoms with Crippen LogP contribution in [0.1, 0.15) is 16.8 Å². The maximum absolute atomic E-state index is 13.2. The Morgan fingerprint density at radius 3 is 3.04 bits per heavy atom. The summed E-state index contributed by atoms with van der Waals surface area (Å²) in [4.78, 5) is 29.7. The Hall–Kier alpha value is -2.93. The van der Waals surface area contributed by atoms with E-state index in [9.17, 15) is 9.59 Å². The molecule has 1 aliphatic rings. The van der Waals surface area contributed by atoms with Crippen molar-refractivity contribution in [2.24, 2.45) is 0 Å². The van der Waals surface area contributed by atoms with Crippen LogP contribution in [0.3, 0.4) is 0 Å². The highest BCUT2D eigenvalue weighted by molar-refractivity contribution is 6.05. The maximum Gasteiger partial charge on any atom is 0.254 e. The largest absolute Gasteiger partial charge is 0.374 e. The molecule has 1 atom stereocenters. The van der Waals surface area contributed by atoms with Crippen LogP contribution >= 0.6 is 0 Å². The molecule has 0 radical (unpaired) electrons. The number of H-pyrrole nitrogens is 1. The number of benzene rings is 1. The number of fused-ring (bicyclic) bond motifs is 1. The van der Waals surface area contributed by atoms with Crippen molar-refractivity contribution in [2.45, 2.75) is 19.1 Å². The van der Waals surface area contributed by atoms with Crippen molar-refractivity contribution in [3.8, 4) is 0 Å². The van der Waals surface area contributed by atoms with E-state index in [4.69, 9.17) is 4.74 Å². The van der Waals surface area contributed by atoms with Crippen molar-refractivity contribution < 1.29 is 9.53 Å². The van der Waals surface area contributed by atoms with Crippen LogP contribution < -0.4 is 5.56 Å². The predicted molar refractivity (Wildman–Crippen MR) is 97.1 cm³/mol. The van der Waals surface area contributed by atoms with Gasteiger partial charge in [0.1, 0.15) is 0 Å². The molecule has 1 aliphatic heterocycles. The number of carbonyl (C=O) groups excluding carboxylic acids is 1. The smallest absolute Gasteiger partial charge is 0.254 e. The van der Waals surface area contributed by atoms with Crippen molar-refractivity contribution in [1.82, 2.24) is 19.7 Å². The fourth-order valence-corrected chi connectivity index (χ4v) is 3.36. The van der Waals surface area contributed by atoms with Gasteiger partial charge in [0, 0.05) is 49.1 Å². The van der Waals surface area contributed by atoms with Crippen LogP contribution in [0.5, 0.6) is 0 Å². The van der Waals surface area contributed by atoms with Gasteiger partial charge < -0.3 is 14.6 Å². The molecule has 0 spiro atoms. The van der Waals surface area contributed by atoms with Crippen LogP contribution in [-0.2, 0) is 11.3 Å². The van der Waals surface area contributed by atoms with E-state index in [1.54, 1.807) is 21.8 Å². The zero-order valence-corrected chi connectivity index (χ0v) is 14.3.